The van der Waals surface area contributed by atoms with E-state index in [1.54, 1.807) is 19.2 Å². The molecule has 0 amide bonds. The molecule has 2 rings (SSSR count). The number of nitrogens with zero attached hydrogens (tertiary/aromatic N) is 1. The molecule has 0 aromatic heterocycles. The van der Waals surface area contributed by atoms with Crippen LogP contribution in [0.25, 0.3) is 0 Å². The lowest BCUT2D eigenvalue weighted by atomic mass is 10.0. The summed E-state index contributed by atoms with van der Waals surface area (Å²) in [6.45, 7) is 4.54. The molecule has 0 aromatic rings. The first kappa shape index (κ1) is 24.8. The molecule has 1 saturated heterocycles. The van der Waals surface area contributed by atoms with Gasteiger partial charge in [-0.2, -0.15) is 8.62 Å². The first-order valence-corrected chi connectivity index (χ1v) is 12.6. The Labute approximate surface area is 170 Å². The second-order valence-corrected chi connectivity index (χ2v) is 10.8. The summed E-state index contributed by atoms with van der Waals surface area (Å²) in [6, 6.07) is 0. The molecule has 2 heterocycles. The Kier molecular flexibility index (Phi) is 7.63. The van der Waals surface area contributed by atoms with Crippen LogP contribution in [0.4, 0.5) is 0 Å². The van der Waals surface area contributed by atoms with Gasteiger partial charge in [0.15, 0.2) is 5.11 Å². The molecule has 0 spiro atoms. The quantitative estimate of drug-likeness (QED) is 0.197. The predicted molar refractivity (Wildman–Crippen MR) is 99.5 cm³/mol. The lowest BCUT2D eigenvalue weighted by Crippen LogP contribution is -2.46. The number of phosphoric acid groups is 3. The highest BCUT2D eigenvalue weighted by molar-refractivity contribution is 7.80. The Balaban J connectivity index is 2.00. The minimum Gasteiger partial charge on any atom is -0.390 e. The summed E-state index contributed by atoms with van der Waals surface area (Å²) < 4.78 is 51.0. The van der Waals surface area contributed by atoms with E-state index < -0.39 is 54.4 Å². The molecule has 3 unspecified atom stereocenters. The monoisotopic (exact) mass is 496 g/mol. The molecular formula is C11H19N2O12P3S. The van der Waals surface area contributed by atoms with Gasteiger partial charge in [-0.05, 0) is 18.3 Å². The minimum atomic E-state index is -5.63. The number of aliphatic hydroxyl groups is 1. The normalized spacial score (nSPS) is 32.0. The van der Waals surface area contributed by atoms with E-state index in [0.717, 1.165) is 0 Å². The van der Waals surface area contributed by atoms with Gasteiger partial charge in [-0.1, -0.05) is 13.5 Å². The summed E-state index contributed by atoms with van der Waals surface area (Å²) in [5.41, 5.74) is 0.543. The zero-order chi connectivity index (χ0) is 22.2. The van der Waals surface area contributed by atoms with Crippen LogP contribution >= 0.6 is 35.7 Å². The maximum Gasteiger partial charge on any atom is 0.490 e. The molecule has 29 heavy (non-hydrogen) atoms. The van der Waals surface area contributed by atoms with E-state index in [2.05, 4.69) is 25.0 Å². The van der Waals surface area contributed by atoms with E-state index in [4.69, 9.17) is 31.6 Å². The summed E-state index contributed by atoms with van der Waals surface area (Å²) in [6.07, 6.45) is 0.0518. The first-order valence-electron chi connectivity index (χ1n) is 7.68. The Bertz CT molecular complexity index is 845. The molecule has 6 N–H and O–H groups in total. The standard InChI is InChI=1S/C11H19N2O12P3S/c1-6-3-4-13(11(29)12-6)10-7(2)9(14)8(23-10)5-22-27(18,19)25-28(20,21)24-26(15,16)17/h3-4,7-10,14H,1,5H2,2H3,(H,12,29)(H,18,19)(H,20,21)(H2,15,16,17)/t7-,8+,9?,10+/m0/s1. The number of thiocarbonyl (C=S) groups is 1. The van der Waals surface area contributed by atoms with E-state index in [0.29, 0.717) is 5.70 Å². The highest BCUT2D eigenvalue weighted by Crippen LogP contribution is 2.66. The van der Waals surface area contributed by atoms with Crippen molar-refractivity contribution in [2.24, 2.45) is 5.92 Å². The molecule has 166 valence electrons. The number of hydrogen-bond donors (Lipinski definition) is 6. The van der Waals surface area contributed by atoms with E-state index >= 15 is 0 Å². The zero-order valence-electron chi connectivity index (χ0n) is 14.7. The fraction of sp³-hybridized carbons (Fsp3) is 0.545. The van der Waals surface area contributed by atoms with Gasteiger partial charge in [0.25, 0.3) is 0 Å². The maximum atomic E-state index is 11.8. The summed E-state index contributed by atoms with van der Waals surface area (Å²) in [5, 5.41) is 13.3. The molecule has 6 atom stereocenters. The van der Waals surface area contributed by atoms with Crippen LogP contribution in [-0.2, 0) is 31.6 Å². The van der Waals surface area contributed by atoms with Gasteiger partial charge < -0.3 is 34.7 Å². The Morgan fingerprint density at radius 3 is 2.41 bits per heavy atom. The van der Waals surface area contributed by atoms with Crippen molar-refractivity contribution in [1.29, 1.82) is 0 Å². The van der Waals surface area contributed by atoms with Gasteiger partial charge in [0.05, 0.1) is 12.7 Å². The van der Waals surface area contributed by atoms with Gasteiger partial charge in [0.2, 0.25) is 0 Å². The molecule has 2 aliphatic heterocycles. The van der Waals surface area contributed by atoms with Crippen molar-refractivity contribution in [3.05, 3.63) is 24.6 Å². The molecule has 0 bridgehead atoms. The lowest BCUT2D eigenvalue weighted by Gasteiger charge is -2.33. The van der Waals surface area contributed by atoms with Crippen LogP contribution in [0.3, 0.4) is 0 Å². The van der Waals surface area contributed by atoms with E-state index in [1.165, 1.54) is 4.90 Å². The summed E-state index contributed by atoms with van der Waals surface area (Å²) >= 11 is 5.17. The third-order valence-electron chi connectivity index (χ3n) is 3.71. The van der Waals surface area contributed by atoms with Crippen molar-refractivity contribution in [1.82, 2.24) is 10.2 Å². The zero-order valence-corrected chi connectivity index (χ0v) is 18.2. The number of ether oxygens (including phenoxy) is 1. The van der Waals surface area contributed by atoms with E-state index in [1.807, 2.05) is 0 Å². The minimum absolute atomic E-state index is 0.245. The van der Waals surface area contributed by atoms with Gasteiger partial charge in [0, 0.05) is 17.8 Å². The van der Waals surface area contributed by atoms with Crippen LogP contribution in [0.2, 0.25) is 0 Å². The maximum absolute atomic E-state index is 11.8. The van der Waals surface area contributed by atoms with E-state index in [-0.39, 0.29) is 5.11 Å². The molecule has 18 heteroatoms. The third-order valence-corrected chi connectivity index (χ3v) is 7.83. The highest BCUT2D eigenvalue weighted by Gasteiger charge is 2.46. The molecule has 1 fully saturated rings. The molecule has 0 aromatic carbocycles. The smallest absolute Gasteiger partial charge is 0.390 e. The van der Waals surface area contributed by atoms with Gasteiger partial charge in [0.1, 0.15) is 12.3 Å². The summed E-state index contributed by atoms with van der Waals surface area (Å²) in [5.74, 6) is -0.541. The fourth-order valence-corrected chi connectivity index (χ4v) is 5.83. The van der Waals surface area contributed by atoms with Gasteiger partial charge in [-0.3, -0.25) is 9.42 Å². The second kappa shape index (κ2) is 8.93. The van der Waals surface area contributed by atoms with Crippen LogP contribution in [-0.4, -0.2) is 59.7 Å². The highest BCUT2D eigenvalue weighted by atomic mass is 32.1. The van der Waals surface area contributed by atoms with E-state index in [9.17, 15) is 23.7 Å². The van der Waals surface area contributed by atoms with Crippen molar-refractivity contribution >= 4 is 40.8 Å². The SMILES string of the molecule is C=C1C=CN([C@@H]2O[C@H](COP(=O)(O)OP(=O)(O)OP(=O)(O)O)C(O)[C@@H]2C)C(=S)N1. The molecule has 14 nitrogen and oxygen atoms in total. The number of hydrogen-bond acceptors (Lipinski definition) is 9. The number of allylic oxidation sites excluding steroid dienone is 1. The van der Waals surface area contributed by atoms with Crippen molar-refractivity contribution in [2.75, 3.05) is 6.61 Å². The molecule has 0 saturated carbocycles. The average molecular weight is 496 g/mol. The van der Waals surface area contributed by atoms with Crippen molar-refractivity contribution in [2.45, 2.75) is 25.4 Å². The fourth-order valence-electron chi connectivity index (χ4n) is 2.50. The predicted octanol–water partition coefficient (Wildman–Crippen LogP) is 0.269. The molecule has 0 radical (unpaired) electrons. The molecular weight excluding hydrogens is 477 g/mol. The Morgan fingerprint density at radius 2 is 1.86 bits per heavy atom. The van der Waals surface area contributed by atoms with Crippen molar-refractivity contribution in [3.63, 3.8) is 0 Å². The van der Waals surface area contributed by atoms with Crippen LogP contribution in [0.15, 0.2) is 24.6 Å². The number of nitrogens with one attached hydrogen (secondary N) is 1. The molecule has 0 aliphatic carbocycles. The number of rotatable bonds is 8. The number of phosphoric ester groups is 1. The Hall–Kier alpha value is -0.500. The van der Waals surface area contributed by atoms with Crippen LogP contribution in [0, 0.1) is 5.92 Å². The summed E-state index contributed by atoms with van der Waals surface area (Å²) in [4.78, 5) is 37.1. The summed E-state index contributed by atoms with van der Waals surface area (Å²) in [7, 11) is -16.4. The van der Waals surface area contributed by atoms with Gasteiger partial charge in [-0.15, -0.1) is 0 Å². The molecule has 2 aliphatic rings. The van der Waals surface area contributed by atoms with Crippen LogP contribution in [0.1, 0.15) is 6.92 Å². The van der Waals surface area contributed by atoms with Crippen LogP contribution in [0.5, 0.6) is 0 Å². The van der Waals surface area contributed by atoms with Crippen molar-refractivity contribution in [3.8, 4) is 0 Å². The number of aliphatic hydroxyl groups excluding tert-OH is 1. The lowest BCUT2D eigenvalue weighted by molar-refractivity contribution is -0.0499. The third kappa shape index (κ3) is 7.01. The van der Waals surface area contributed by atoms with Crippen LogP contribution < -0.4 is 5.32 Å². The first-order chi connectivity index (χ1) is 13.1. The van der Waals surface area contributed by atoms with Crippen molar-refractivity contribution < 1.29 is 56.3 Å². The largest absolute Gasteiger partial charge is 0.490 e. The average Bonchev–Trinajstić information content (AvgIpc) is 2.78. The topological polar surface area (TPSA) is 205 Å². The van der Waals surface area contributed by atoms with Gasteiger partial charge >= 0.3 is 23.5 Å². The van der Waals surface area contributed by atoms with Gasteiger partial charge in [-0.25, -0.2) is 13.7 Å². The Morgan fingerprint density at radius 1 is 1.24 bits per heavy atom. The second-order valence-electron chi connectivity index (χ2n) is 5.98.